The molecule has 0 radical (unpaired) electrons. The van der Waals surface area contributed by atoms with Gasteiger partial charge in [0.1, 0.15) is 6.54 Å². The molecule has 0 spiro atoms. The third-order valence-electron chi connectivity index (χ3n) is 4.27. The Balaban J connectivity index is 1.82. The molecule has 138 valence electrons. The average molecular weight is 362 g/mol. The molecule has 6 heteroatoms. The quantitative estimate of drug-likeness (QED) is 0.676. The van der Waals surface area contributed by atoms with Crippen LogP contribution in [0.2, 0.25) is 0 Å². The van der Waals surface area contributed by atoms with Crippen molar-refractivity contribution in [2.24, 2.45) is 0 Å². The molecule has 6 nitrogen and oxygen atoms in total. The van der Waals surface area contributed by atoms with Gasteiger partial charge in [-0.1, -0.05) is 30.3 Å². The second kappa shape index (κ2) is 8.40. The van der Waals surface area contributed by atoms with Gasteiger partial charge in [0, 0.05) is 36.6 Å². The molecule has 3 aromatic rings. The number of aromatic nitrogens is 3. The molecular weight excluding hydrogens is 340 g/mol. The highest BCUT2D eigenvalue weighted by Crippen LogP contribution is 2.14. The summed E-state index contributed by atoms with van der Waals surface area (Å²) in [6.45, 7) is 4.33. The van der Waals surface area contributed by atoms with Crippen molar-refractivity contribution in [1.29, 1.82) is 0 Å². The van der Waals surface area contributed by atoms with Crippen molar-refractivity contribution < 1.29 is 4.79 Å². The normalized spacial score (nSPS) is 10.8. The molecule has 0 bridgehead atoms. The summed E-state index contributed by atoms with van der Waals surface area (Å²) in [6.07, 6.45) is 3.33. The van der Waals surface area contributed by atoms with Crippen LogP contribution < -0.4 is 5.56 Å². The summed E-state index contributed by atoms with van der Waals surface area (Å²) in [6, 6.07) is 16.5. The van der Waals surface area contributed by atoms with Crippen LogP contribution in [0.4, 0.5) is 0 Å². The molecular formula is C21H22N4O2. The zero-order valence-electron chi connectivity index (χ0n) is 15.4. The molecule has 0 aliphatic carbocycles. The maximum atomic E-state index is 12.9. The van der Waals surface area contributed by atoms with E-state index in [1.807, 2.05) is 56.3 Å². The van der Waals surface area contributed by atoms with E-state index in [1.165, 1.54) is 10.7 Å². The van der Waals surface area contributed by atoms with E-state index in [4.69, 9.17) is 0 Å². The highest BCUT2D eigenvalue weighted by Gasteiger charge is 2.19. The van der Waals surface area contributed by atoms with Crippen molar-refractivity contribution >= 4 is 5.91 Å². The Labute approximate surface area is 158 Å². The summed E-state index contributed by atoms with van der Waals surface area (Å²) < 4.78 is 1.22. The Morgan fingerprint density at radius 3 is 2.41 bits per heavy atom. The van der Waals surface area contributed by atoms with Crippen LogP contribution >= 0.6 is 0 Å². The first kappa shape index (κ1) is 18.5. The summed E-state index contributed by atoms with van der Waals surface area (Å²) >= 11 is 0. The van der Waals surface area contributed by atoms with Gasteiger partial charge >= 0.3 is 0 Å². The van der Waals surface area contributed by atoms with E-state index in [0.717, 1.165) is 11.1 Å². The molecule has 0 N–H and O–H groups in total. The Morgan fingerprint density at radius 2 is 1.74 bits per heavy atom. The van der Waals surface area contributed by atoms with Gasteiger partial charge in [0.05, 0.1) is 5.69 Å². The minimum Gasteiger partial charge on any atom is -0.334 e. The molecule has 0 saturated heterocycles. The van der Waals surface area contributed by atoms with Crippen LogP contribution in [-0.4, -0.2) is 31.6 Å². The summed E-state index contributed by atoms with van der Waals surface area (Å²) in [5.41, 5.74) is 2.22. The molecule has 0 unspecified atom stereocenters. The maximum absolute atomic E-state index is 12.9. The first-order valence-corrected chi connectivity index (χ1v) is 8.86. The minimum atomic E-state index is -0.301. The molecule has 0 fully saturated rings. The Bertz CT molecular complexity index is 953. The van der Waals surface area contributed by atoms with Gasteiger partial charge in [0.15, 0.2) is 0 Å². The van der Waals surface area contributed by atoms with Crippen LogP contribution in [0.15, 0.2) is 71.8 Å². The van der Waals surface area contributed by atoms with Crippen molar-refractivity contribution in [1.82, 2.24) is 19.7 Å². The molecule has 3 rings (SSSR count). The summed E-state index contributed by atoms with van der Waals surface area (Å²) in [4.78, 5) is 30.8. The lowest BCUT2D eigenvalue weighted by Gasteiger charge is -2.27. The SMILES string of the molecule is CC(C)N(Cc1ccccc1)C(=O)Cn1nc(-c2ccncc2)ccc1=O. The summed E-state index contributed by atoms with van der Waals surface area (Å²) in [7, 11) is 0. The largest absolute Gasteiger partial charge is 0.334 e. The van der Waals surface area contributed by atoms with Crippen LogP contribution in [0.1, 0.15) is 19.4 Å². The fraction of sp³-hybridized carbons (Fsp3) is 0.238. The third-order valence-corrected chi connectivity index (χ3v) is 4.27. The fourth-order valence-corrected chi connectivity index (χ4v) is 2.80. The number of hydrogen-bond acceptors (Lipinski definition) is 4. The number of carbonyl (C=O) groups excluding carboxylic acids is 1. The molecule has 0 atom stereocenters. The highest BCUT2D eigenvalue weighted by atomic mass is 16.2. The van der Waals surface area contributed by atoms with E-state index < -0.39 is 0 Å². The Hall–Kier alpha value is -3.28. The maximum Gasteiger partial charge on any atom is 0.267 e. The standard InChI is InChI=1S/C21H22N4O2/c1-16(2)24(14-17-6-4-3-5-7-17)21(27)15-25-20(26)9-8-19(23-25)18-10-12-22-13-11-18/h3-13,16H,14-15H2,1-2H3. The second-order valence-electron chi connectivity index (χ2n) is 6.55. The van der Waals surface area contributed by atoms with Crippen molar-refractivity contribution in [2.75, 3.05) is 0 Å². The zero-order chi connectivity index (χ0) is 19.2. The predicted octanol–water partition coefficient (Wildman–Crippen LogP) is 2.74. The monoisotopic (exact) mass is 362 g/mol. The van der Waals surface area contributed by atoms with Crippen LogP contribution in [0.3, 0.4) is 0 Å². The average Bonchev–Trinajstić information content (AvgIpc) is 2.69. The number of nitrogens with zero attached hydrogens (tertiary/aromatic N) is 4. The molecule has 1 aromatic carbocycles. The van der Waals surface area contributed by atoms with Gasteiger partial charge < -0.3 is 4.90 Å². The molecule has 2 aromatic heterocycles. The number of amides is 1. The fourth-order valence-electron chi connectivity index (χ4n) is 2.80. The summed E-state index contributed by atoms with van der Waals surface area (Å²) in [5.74, 6) is -0.143. The van der Waals surface area contributed by atoms with Gasteiger partial charge in [0.25, 0.3) is 5.56 Å². The van der Waals surface area contributed by atoms with Crippen molar-refractivity contribution in [3.63, 3.8) is 0 Å². The number of pyridine rings is 1. The van der Waals surface area contributed by atoms with Gasteiger partial charge in [-0.3, -0.25) is 14.6 Å². The van der Waals surface area contributed by atoms with Crippen molar-refractivity contribution in [3.8, 4) is 11.3 Å². The molecule has 2 heterocycles. The Kier molecular flexibility index (Phi) is 5.76. The van der Waals surface area contributed by atoms with Crippen LogP contribution in [0, 0.1) is 0 Å². The van der Waals surface area contributed by atoms with E-state index in [9.17, 15) is 9.59 Å². The van der Waals surface area contributed by atoms with E-state index in [0.29, 0.717) is 12.2 Å². The van der Waals surface area contributed by atoms with Gasteiger partial charge in [-0.15, -0.1) is 0 Å². The lowest BCUT2D eigenvalue weighted by atomic mass is 10.2. The first-order chi connectivity index (χ1) is 13.0. The molecule has 27 heavy (non-hydrogen) atoms. The lowest BCUT2D eigenvalue weighted by Crippen LogP contribution is -2.40. The van der Waals surface area contributed by atoms with Crippen molar-refractivity contribution in [3.05, 3.63) is 82.9 Å². The number of carbonyl (C=O) groups is 1. The summed E-state index contributed by atoms with van der Waals surface area (Å²) in [5, 5.41) is 4.36. The Morgan fingerprint density at radius 1 is 1.04 bits per heavy atom. The van der Waals surface area contributed by atoms with E-state index in [2.05, 4.69) is 10.1 Å². The minimum absolute atomic E-state index is 0.0109. The van der Waals surface area contributed by atoms with Crippen molar-refractivity contribution in [2.45, 2.75) is 33.0 Å². The zero-order valence-corrected chi connectivity index (χ0v) is 15.4. The number of benzene rings is 1. The van der Waals surface area contributed by atoms with Gasteiger partial charge in [0.2, 0.25) is 5.91 Å². The third kappa shape index (κ3) is 4.67. The molecule has 0 aliphatic rings. The van der Waals surface area contributed by atoms with Crippen LogP contribution in [-0.2, 0) is 17.9 Å². The van der Waals surface area contributed by atoms with E-state index >= 15 is 0 Å². The topological polar surface area (TPSA) is 68.1 Å². The van der Waals surface area contributed by atoms with Gasteiger partial charge in [-0.25, -0.2) is 4.68 Å². The smallest absolute Gasteiger partial charge is 0.267 e. The number of hydrogen-bond donors (Lipinski definition) is 0. The first-order valence-electron chi connectivity index (χ1n) is 8.86. The highest BCUT2D eigenvalue weighted by molar-refractivity contribution is 5.76. The lowest BCUT2D eigenvalue weighted by molar-refractivity contribution is -0.134. The van der Waals surface area contributed by atoms with Gasteiger partial charge in [-0.2, -0.15) is 5.10 Å². The predicted molar refractivity (Wildman–Crippen MR) is 104 cm³/mol. The molecule has 1 amide bonds. The molecule has 0 aliphatic heterocycles. The van der Waals surface area contributed by atoms with Crippen LogP contribution in [0.5, 0.6) is 0 Å². The van der Waals surface area contributed by atoms with Gasteiger partial charge in [-0.05, 0) is 37.6 Å². The van der Waals surface area contributed by atoms with E-state index in [-0.39, 0.29) is 24.1 Å². The number of rotatable bonds is 6. The van der Waals surface area contributed by atoms with E-state index in [1.54, 1.807) is 23.4 Å². The molecule has 0 saturated carbocycles. The van der Waals surface area contributed by atoms with Crippen LogP contribution in [0.25, 0.3) is 11.3 Å². The second-order valence-corrected chi connectivity index (χ2v) is 6.55.